The quantitative estimate of drug-likeness (QED) is 0.267. The van der Waals surface area contributed by atoms with E-state index in [-0.39, 0.29) is 23.6 Å². The summed E-state index contributed by atoms with van der Waals surface area (Å²) in [7, 11) is 0. The second-order valence-corrected chi connectivity index (χ2v) is 13.5. The van der Waals surface area contributed by atoms with E-state index in [1.165, 1.54) is 5.56 Å². The number of piperidine rings is 2. The third-order valence-electron chi connectivity index (χ3n) is 9.87. The summed E-state index contributed by atoms with van der Waals surface area (Å²) in [6.07, 6.45) is 5.58. The van der Waals surface area contributed by atoms with Crippen LogP contribution in [0.5, 0.6) is 0 Å². The van der Waals surface area contributed by atoms with Gasteiger partial charge in [-0.2, -0.15) is 18.2 Å². The van der Waals surface area contributed by atoms with Crippen molar-refractivity contribution in [3.8, 4) is 0 Å². The first kappa shape index (κ1) is 32.5. The first-order chi connectivity index (χ1) is 19.7. The number of halogens is 3. The van der Waals surface area contributed by atoms with Gasteiger partial charge in [0.2, 0.25) is 5.95 Å². The van der Waals surface area contributed by atoms with Crippen molar-refractivity contribution in [2.24, 2.45) is 23.2 Å². The molecule has 236 valence electrons. The third kappa shape index (κ3) is 8.14. The van der Waals surface area contributed by atoms with E-state index in [4.69, 9.17) is 9.26 Å². The lowest BCUT2D eigenvalue weighted by Gasteiger charge is -2.42. The minimum absolute atomic E-state index is 0.0571. The average molecular weight is 595 g/mol. The van der Waals surface area contributed by atoms with Gasteiger partial charge >= 0.3 is 12.2 Å². The third-order valence-corrected chi connectivity index (χ3v) is 9.87. The van der Waals surface area contributed by atoms with Gasteiger partial charge in [-0.1, -0.05) is 34.6 Å². The lowest BCUT2D eigenvalue weighted by Crippen LogP contribution is -2.40. The van der Waals surface area contributed by atoms with E-state index in [2.05, 4.69) is 73.5 Å². The van der Waals surface area contributed by atoms with Gasteiger partial charge in [-0.05, 0) is 92.2 Å². The van der Waals surface area contributed by atoms with Crippen molar-refractivity contribution in [3.05, 3.63) is 23.8 Å². The summed E-state index contributed by atoms with van der Waals surface area (Å²) in [5, 5.41) is 3.08. The molecule has 3 atom stereocenters. The molecule has 0 aromatic carbocycles. The molecule has 0 radical (unpaired) electrons. The molecule has 0 bridgehead atoms. The van der Waals surface area contributed by atoms with Crippen molar-refractivity contribution in [1.82, 2.24) is 20.1 Å². The Morgan fingerprint density at radius 1 is 0.905 bits per heavy atom. The van der Waals surface area contributed by atoms with Crippen LogP contribution < -0.4 is 9.80 Å². The molecule has 2 aliphatic heterocycles. The van der Waals surface area contributed by atoms with Crippen LogP contribution in [0.15, 0.2) is 16.9 Å². The topological polar surface area (TPSA) is 80.4 Å². The Balaban J connectivity index is 1.18. The zero-order valence-corrected chi connectivity index (χ0v) is 26.3. The fourth-order valence-corrected chi connectivity index (χ4v) is 6.40. The summed E-state index contributed by atoms with van der Waals surface area (Å²) in [5.74, 6) is 1.68. The Morgan fingerprint density at radius 2 is 1.48 bits per heavy atom. The SMILES string of the molecule is CC(CCC(C)(C)C(C)C1CCN(c2ncc(C(C)C)cn2)CC1)OC(C)C1CCN(c2nc(C(F)(F)F)no2)CC1. The second-order valence-electron chi connectivity index (χ2n) is 13.5. The molecule has 2 saturated heterocycles. The maximum absolute atomic E-state index is 12.8. The second kappa shape index (κ2) is 13.5. The monoisotopic (exact) mass is 594 g/mol. The van der Waals surface area contributed by atoms with E-state index in [0.717, 1.165) is 57.6 Å². The van der Waals surface area contributed by atoms with Gasteiger partial charge in [0.15, 0.2) is 0 Å². The Hall–Kier alpha value is -2.43. The molecule has 2 aromatic rings. The van der Waals surface area contributed by atoms with Crippen molar-refractivity contribution >= 4 is 12.0 Å². The molecule has 11 heteroatoms. The smallest absolute Gasteiger partial charge is 0.375 e. The highest BCUT2D eigenvalue weighted by atomic mass is 19.4. The molecule has 0 N–H and O–H groups in total. The number of hydrogen-bond acceptors (Lipinski definition) is 8. The maximum atomic E-state index is 12.8. The molecule has 3 unspecified atom stereocenters. The number of alkyl halides is 3. The fraction of sp³-hybridized carbons (Fsp3) is 0.806. The van der Waals surface area contributed by atoms with E-state index < -0.39 is 12.0 Å². The number of anilines is 2. The number of rotatable bonds is 11. The van der Waals surface area contributed by atoms with Gasteiger partial charge in [0, 0.05) is 38.6 Å². The summed E-state index contributed by atoms with van der Waals surface area (Å²) in [6, 6.07) is -0.0571. The molecule has 2 aromatic heterocycles. The Labute approximate surface area is 248 Å². The summed E-state index contributed by atoms with van der Waals surface area (Å²) >= 11 is 0. The molecule has 4 rings (SSSR count). The molecule has 0 aliphatic carbocycles. The lowest BCUT2D eigenvalue weighted by molar-refractivity contribution is -0.146. The van der Waals surface area contributed by atoms with Crippen molar-refractivity contribution < 1.29 is 22.4 Å². The van der Waals surface area contributed by atoms with Crippen LogP contribution in [-0.2, 0) is 10.9 Å². The van der Waals surface area contributed by atoms with E-state index in [0.29, 0.717) is 36.8 Å². The van der Waals surface area contributed by atoms with Crippen molar-refractivity contribution in [2.75, 3.05) is 36.0 Å². The lowest BCUT2D eigenvalue weighted by atomic mass is 9.67. The van der Waals surface area contributed by atoms with E-state index >= 15 is 0 Å². The maximum Gasteiger partial charge on any atom is 0.455 e. The summed E-state index contributed by atoms with van der Waals surface area (Å²) in [4.78, 5) is 16.8. The zero-order valence-electron chi connectivity index (χ0n) is 26.3. The van der Waals surface area contributed by atoms with Crippen molar-refractivity contribution in [2.45, 2.75) is 111 Å². The van der Waals surface area contributed by atoms with Crippen LogP contribution in [0.2, 0.25) is 0 Å². The Morgan fingerprint density at radius 3 is 2.02 bits per heavy atom. The molecule has 8 nitrogen and oxygen atoms in total. The highest BCUT2D eigenvalue weighted by molar-refractivity contribution is 5.31. The molecule has 4 heterocycles. The van der Waals surface area contributed by atoms with Gasteiger partial charge in [-0.15, -0.1) is 0 Å². The van der Waals surface area contributed by atoms with E-state index in [9.17, 15) is 13.2 Å². The van der Waals surface area contributed by atoms with Crippen molar-refractivity contribution in [1.29, 1.82) is 0 Å². The molecule has 0 amide bonds. The molecule has 2 fully saturated rings. The molecule has 0 saturated carbocycles. The first-order valence-corrected chi connectivity index (χ1v) is 15.6. The van der Waals surface area contributed by atoms with Gasteiger partial charge in [0.05, 0.1) is 12.2 Å². The number of aromatic nitrogens is 4. The molecular weight excluding hydrogens is 545 g/mol. The van der Waals surface area contributed by atoms with Crippen LogP contribution in [0, 0.1) is 23.2 Å². The van der Waals surface area contributed by atoms with Crippen LogP contribution >= 0.6 is 0 Å². The molecule has 0 spiro atoms. The van der Waals surface area contributed by atoms with Gasteiger partial charge in [-0.3, -0.25) is 0 Å². The largest absolute Gasteiger partial charge is 0.455 e. The highest BCUT2D eigenvalue weighted by Crippen LogP contribution is 2.41. The summed E-state index contributed by atoms with van der Waals surface area (Å²) in [5.41, 5.74) is 1.38. The number of nitrogens with zero attached hydrogens (tertiary/aromatic N) is 6. The number of ether oxygens (including phenoxy) is 1. The van der Waals surface area contributed by atoms with Crippen molar-refractivity contribution in [3.63, 3.8) is 0 Å². The summed E-state index contributed by atoms with van der Waals surface area (Å²) < 4.78 is 49.7. The fourth-order valence-electron chi connectivity index (χ4n) is 6.40. The van der Waals surface area contributed by atoms with Crippen LogP contribution in [0.25, 0.3) is 0 Å². The minimum atomic E-state index is -4.60. The molecule has 2 aliphatic rings. The zero-order chi connectivity index (χ0) is 30.7. The van der Waals surface area contributed by atoms with Crippen LogP contribution in [-0.4, -0.2) is 58.5 Å². The normalized spacial score (nSPS) is 20.3. The van der Waals surface area contributed by atoms with Gasteiger partial charge in [-0.25, -0.2) is 9.97 Å². The van der Waals surface area contributed by atoms with Gasteiger partial charge in [0.1, 0.15) is 0 Å². The standard InChI is InChI=1S/C31H49F3N6O2/c1-20(2)26-18-35-28(36-19-26)39-14-9-24(10-15-39)22(4)30(6,7)13-8-21(3)41-23(5)25-11-16-40(17-12-25)29-37-27(38-42-29)31(32,33)34/h18-25H,8-17H2,1-7H3. The predicted molar refractivity (Wildman–Crippen MR) is 157 cm³/mol. The average Bonchev–Trinajstić information content (AvgIpc) is 3.47. The Kier molecular flexibility index (Phi) is 10.4. The van der Waals surface area contributed by atoms with Gasteiger partial charge < -0.3 is 19.1 Å². The van der Waals surface area contributed by atoms with Gasteiger partial charge in [0.25, 0.3) is 5.82 Å². The van der Waals surface area contributed by atoms with Crippen LogP contribution in [0.4, 0.5) is 25.1 Å². The first-order valence-electron chi connectivity index (χ1n) is 15.6. The molecular formula is C31H49F3N6O2. The Bertz CT molecular complexity index is 1110. The van der Waals surface area contributed by atoms with E-state index in [1.807, 2.05) is 12.4 Å². The molecule has 42 heavy (non-hydrogen) atoms. The van der Waals surface area contributed by atoms with Crippen LogP contribution in [0.3, 0.4) is 0 Å². The number of hydrogen-bond donors (Lipinski definition) is 0. The van der Waals surface area contributed by atoms with Crippen LogP contribution in [0.1, 0.15) is 104 Å². The highest BCUT2D eigenvalue weighted by Gasteiger charge is 2.39. The predicted octanol–water partition coefficient (Wildman–Crippen LogP) is 7.37. The minimum Gasteiger partial charge on any atom is -0.375 e. The van der Waals surface area contributed by atoms with E-state index in [1.54, 1.807) is 4.90 Å². The summed E-state index contributed by atoms with van der Waals surface area (Å²) in [6.45, 7) is 18.9.